The molecule has 1 atom stereocenters. The minimum absolute atomic E-state index is 0.150. The second-order valence-electron chi connectivity index (χ2n) is 5.62. The van der Waals surface area contributed by atoms with Crippen molar-refractivity contribution in [3.8, 4) is 0 Å². The van der Waals surface area contributed by atoms with E-state index in [0.717, 1.165) is 28.9 Å². The highest BCUT2D eigenvalue weighted by atomic mass is 32.2. The molecule has 5 heteroatoms. The summed E-state index contributed by atoms with van der Waals surface area (Å²) in [5, 5.41) is 0. The molecule has 0 bridgehead atoms. The second-order valence-corrected chi connectivity index (χ2v) is 8.44. The molecule has 0 amide bonds. The highest BCUT2D eigenvalue weighted by molar-refractivity contribution is 7.99. The van der Waals surface area contributed by atoms with Crippen molar-refractivity contribution in [2.45, 2.75) is 36.1 Å². The lowest BCUT2D eigenvalue weighted by molar-refractivity contribution is 0.545. The first-order valence-electron chi connectivity index (χ1n) is 7.29. The van der Waals surface area contributed by atoms with Gasteiger partial charge >= 0.3 is 0 Å². The number of thioether (sulfide) groups is 1. The molecule has 1 aliphatic heterocycles. The molecule has 0 aromatic heterocycles. The fourth-order valence-corrected chi connectivity index (χ4v) is 5.42. The van der Waals surface area contributed by atoms with Gasteiger partial charge in [0.25, 0.3) is 0 Å². The zero-order chi connectivity index (χ0) is 15.7. The highest BCUT2D eigenvalue weighted by Crippen LogP contribution is 2.36. The standard InChI is InChI=1S/C17H19NO2S2/c1-12-7-8-17(13(2)11-12)22(19,20)18-15-9-10-21-16-6-4-3-5-14(15)16/h3-8,11,15,18H,9-10H2,1-2H3/t15-/m0/s1. The Morgan fingerprint density at radius 2 is 1.91 bits per heavy atom. The molecule has 2 aromatic rings. The zero-order valence-electron chi connectivity index (χ0n) is 12.7. The van der Waals surface area contributed by atoms with E-state index < -0.39 is 10.0 Å². The van der Waals surface area contributed by atoms with E-state index in [0.29, 0.717) is 4.90 Å². The van der Waals surface area contributed by atoms with Gasteiger partial charge in [-0.3, -0.25) is 0 Å². The number of aryl methyl sites for hydroxylation is 2. The van der Waals surface area contributed by atoms with Crippen LogP contribution in [0.4, 0.5) is 0 Å². The summed E-state index contributed by atoms with van der Waals surface area (Å²) in [6.07, 6.45) is 0.811. The van der Waals surface area contributed by atoms with Crippen LogP contribution in [-0.4, -0.2) is 14.2 Å². The van der Waals surface area contributed by atoms with Crippen LogP contribution in [0.2, 0.25) is 0 Å². The maximum Gasteiger partial charge on any atom is 0.241 e. The minimum atomic E-state index is -3.51. The quantitative estimate of drug-likeness (QED) is 0.929. The molecule has 0 saturated carbocycles. The summed E-state index contributed by atoms with van der Waals surface area (Å²) in [6.45, 7) is 3.80. The molecular formula is C17H19NO2S2. The van der Waals surface area contributed by atoms with Gasteiger partial charge in [0.05, 0.1) is 4.90 Å². The first-order chi connectivity index (χ1) is 10.5. The number of hydrogen-bond acceptors (Lipinski definition) is 3. The van der Waals surface area contributed by atoms with E-state index in [9.17, 15) is 8.42 Å². The van der Waals surface area contributed by atoms with E-state index in [4.69, 9.17) is 0 Å². The first-order valence-corrected chi connectivity index (χ1v) is 9.75. The van der Waals surface area contributed by atoms with E-state index >= 15 is 0 Å². The van der Waals surface area contributed by atoms with Gasteiger partial charge in [0.15, 0.2) is 0 Å². The van der Waals surface area contributed by atoms with Crippen molar-refractivity contribution in [3.05, 3.63) is 59.2 Å². The number of hydrogen-bond donors (Lipinski definition) is 1. The maximum atomic E-state index is 12.7. The van der Waals surface area contributed by atoms with E-state index in [-0.39, 0.29) is 6.04 Å². The normalized spacial score (nSPS) is 18.0. The van der Waals surface area contributed by atoms with Gasteiger partial charge in [0, 0.05) is 10.9 Å². The lowest BCUT2D eigenvalue weighted by Crippen LogP contribution is -2.31. The van der Waals surface area contributed by atoms with Crippen LogP contribution in [0.25, 0.3) is 0 Å². The third-order valence-corrected chi connectivity index (χ3v) is 6.63. The Kier molecular flexibility index (Phi) is 4.30. The van der Waals surface area contributed by atoms with E-state index in [1.807, 2.05) is 44.2 Å². The fourth-order valence-electron chi connectivity index (χ4n) is 2.82. The fraction of sp³-hybridized carbons (Fsp3) is 0.294. The average molecular weight is 333 g/mol. The molecule has 0 fully saturated rings. The third kappa shape index (κ3) is 3.07. The van der Waals surface area contributed by atoms with E-state index in [2.05, 4.69) is 10.8 Å². The summed E-state index contributed by atoms with van der Waals surface area (Å²) in [4.78, 5) is 1.54. The Balaban J connectivity index is 1.93. The minimum Gasteiger partial charge on any atom is -0.207 e. The predicted octanol–water partition coefficient (Wildman–Crippen LogP) is 3.82. The highest BCUT2D eigenvalue weighted by Gasteiger charge is 2.26. The summed E-state index contributed by atoms with van der Waals surface area (Å²) in [5.41, 5.74) is 2.92. The van der Waals surface area contributed by atoms with Crippen LogP contribution in [0.1, 0.15) is 29.2 Å². The SMILES string of the molecule is Cc1ccc(S(=O)(=O)N[C@H]2CCSc3ccccc32)c(C)c1. The van der Waals surface area contributed by atoms with Gasteiger partial charge < -0.3 is 0 Å². The summed E-state index contributed by atoms with van der Waals surface area (Å²) >= 11 is 1.78. The van der Waals surface area contributed by atoms with Crippen molar-refractivity contribution >= 4 is 21.8 Å². The number of benzene rings is 2. The molecule has 0 spiro atoms. The topological polar surface area (TPSA) is 46.2 Å². The molecule has 1 N–H and O–H groups in total. The van der Waals surface area contributed by atoms with Gasteiger partial charge in [0.1, 0.15) is 0 Å². The van der Waals surface area contributed by atoms with Crippen LogP contribution < -0.4 is 4.72 Å². The van der Waals surface area contributed by atoms with E-state index in [1.165, 1.54) is 4.90 Å². The molecule has 2 aromatic carbocycles. The van der Waals surface area contributed by atoms with Gasteiger partial charge in [-0.2, -0.15) is 0 Å². The van der Waals surface area contributed by atoms with Crippen molar-refractivity contribution < 1.29 is 8.42 Å². The van der Waals surface area contributed by atoms with Gasteiger partial charge in [-0.25, -0.2) is 13.1 Å². The summed E-state index contributed by atoms with van der Waals surface area (Å²) in [5.74, 6) is 0.928. The van der Waals surface area contributed by atoms with Crippen LogP contribution in [0, 0.1) is 13.8 Å². The second kappa shape index (κ2) is 6.07. The monoisotopic (exact) mass is 333 g/mol. The van der Waals surface area contributed by atoms with Crippen LogP contribution in [-0.2, 0) is 10.0 Å². The van der Waals surface area contributed by atoms with Crippen molar-refractivity contribution in [1.29, 1.82) is 0 Å². The van der Waals surface area contributed by atoms with Gasteiger partial charge in [-0.05, 0) is 49.3 Å². The molecule has 0 unspecified atom stereocenters. The van der Waals surface area contributed by atoms with Crippen LogP contribution in [0.5, 0.6) is 0 Å². The van der Waals surface area contributed by atoms with Crippen molar-refractivity contribution in [2.75, 3.05) is 5.75 Å². The Morgan fingerprint density at radius 1 is 1.14 bits per heavy atom. The molecule has 1 heterocycles. The molecule has 0 radical (unpaired) electrons. The lowest BCUT2D eigenvalue weighted by Gasteiger charge is -2.26. The Hall–Kier alpha value is -1.30. The number of fused-ring (bicyclic) bond motifs is 1. The third-order valence-electron chi connectivity index (χ3n) is 3.88. The first kappa shape index (κ1) is 15.6. The summed E-state index contributed by atoms with van der Waals surface area (Å²) in [6, 6.07) is 13.3. The Morgan fingerprint density at radius 3 is 2.68 bits per heavy atom. The molecular weight excluding hydrogens is 314 g/mol. The van der Waals surface area contributed by atoms with Crippen LogP contribution in [0.3, 0.4) is 0 Å². The van der Waals surface area contributed by atoms with Crippen molar-refractivity contribution in [1.82, 2.24) is 4.72 Å². The Bertz CT molecular complexity index is 800. The molecule has 116 valence electrons. The van der Waals surface area contributed by atoms with Gasteiger partial charge in [-0.15, -0.1) is 11.8 Å². The van der Waals surface area contributed by atoms with Gasteiger partial charge in [-0.1, -0.05) is 35.9 Å². The van der Waals surface area contributed by atoms with Gasteiger partial charge in [0.2, 0.25) is 10.0 Å². The smallest absolute Gasteiger partial charge is 0.207 e. The zero-order valence-corrected chi connectivity index (χ0v) is 14.3. The molecule has 3 nitrogen and oxygen atoms in total. The summed E-state index contributed by atoms with van der Waals surface area (Å²) in [7, 11) is -3.51. The Labute approximate surface area is 136 Å². The predicted molar refractivity (Wildman–Crippen MR) is 90.8 cm³/mol. The number of rotatable bonds is 3. The summed E-state index contributed by atoms with van der Waals surface area (Å²) < 4.78 is 28.3. The van der Waals surface area contributed by atoms with Crippen molar-refractivity contribution in [3.63, 3.8) is 0 Å². The molecule has 1 aliphatic rings. The van der Waals surface area contributed by atoms with Crippen LogP contribution >= 0.6 is 11.8 Å². The largest absolute Gasteiger partial charge is 0.241 e. The maximum absolute atomic E-state index is 12.7. The lowest BCUT2D eigenvalue weighted by atomic mass is 10.1. The average Bonchev–Trinajstić information content (AvgIpc) is 2.47. The van der Waals surface area contributed by atoms with Crippen LogP contribution in [0.15, 0.2) is 52.3 Å². The molecule has 3 rings (SSSR count). The number of sulfonamides is 1. The van der Waals surface area contributed by atoms with E-state index in [1.54, 1.807) is 17.8 Å². The molecule has 22 heavy (non-hydrogen) atoms. The molecule has 0 saturated heterocycles. The molecule has 0 aliphatic carbocycles. The number of nitrogens with one attached hydrogen (secondary N) is 1. The van der Waals surface area contributed by atoms with Crippen molar-refractivity contribution in [2.24, 2.45) is 0 Å².